The van der Waals surface area contributed by atoms with Crippen molar-refractivity contribution in [3.63, 3.8) is 0 Å². The first-order valence-electron chi connectivity index (χ1n) is 9.46. The Morgan fingerprint density at radius 3 is 2.45 bits per heavy atom. The molecule has 0 spiro atoms. The molecule has 2 amide bonds. The van der Waals surface area contributed by atoms with Crippen LogP contribution in [0.25, 0.3) is 5.57 Å². The van der Waals surface area contributed by atoms with E-state index in [1.165, 1.54) is 25.3 Å². The standard InChI is InChI=1S/C24H18ClFN2O3/c1-14-18(25)10-6-11-19(14)28-23(29)21(17-9-3-4-12-20(17)31-2)22(24(28)30)27-16-8-5-7-15(26)13-16/h3-13,27H,1-2H3. The van der Waals surface area contributed by atoms with Crippen molar-refractivity contribution < 1.29 is 18.7 Å². The van der Waals surface area contributed by atoms with Gasteiger partial charge in [0.05, 0.1) is 18.4 Å². The topological polar surface area (TPSA) is 58.6 Å². The van der Waals surface area contributed by atoms with Crippen molar-refractivity contribution in [2.24, 2.45) is 0 Å². The van der Waals surface area contributed by atoms with E-state index in [0.29, 0.717) is 33.3 Å². The van der Waals surface area contributed by atoms with Crippen LogP contribution < -0.4 is 15.0 Å². The highest BCUT2D eigenvalue weighted by Crippen LogP contribution is 2.39. The summed E-state index contributed by atoms with van der Waals surface area (Å²) in [5.74, 6) is -1.13. The van der Waals surface area contributed by atoms with E-state index in [9.17, 15) is 14.0 Å². The first-order chi connectivity index (χ1) is 14.9. The number of nitrogens with one attached hydrogen (secondary N) is 1. The largest absolute Gasteiger partial charge is 0.496 e. The Bertz CT molecular complexity index is 1240. The summed E-state index contributed by atoms with van der Waals surface area (Å²) in [6.45, 7) is 1.74. The lowest BCUT2D eigenvalue weighted by atomic mass is 10.0. The molecule has 5 nitrogen and oxygen atoms in total. The van der Waals surface area contributed by atoms with E-state index in [4.69, 9.17) is 16.3 Å². The Hall–Kier alpha value is -3.64. The monoisotopic (exact) mass is 436 g/mol. The molecule has 1 aliphatic heterocycles. The third kappa shape index (κ3) is 3.66. The number of amides is 2. The lowest BCUT2D eigenvalue weighted by molar-refractivity contribution is -0.120. The van der Waals surface area contributed by atoms with Gasteiger partial charge in [-0.25, -0.2) is 9.29 Å². The van der Waals surface area contributed by atoms with E-state index in [-0.39, 0.29) is 11.3 Å². The quantitative estimate of drug-likeness (QED) is 0.559. The van der Waals surface area contributed by atoms with Crippen molar-refractivity contribution in [1.29, 1.82) is 0 Å². The van der Waals surface area contributed by atoms with Crippen LogP contribution in [0.5, 0.6) is 5.75 Å². The van der Waals surface area contributed by atoms with E-state index in [2.05, 4.69) is 5.32 Å². The molecule has 0 atom stereocenters. The van der Waals surface area contributed by atoms with Gasteiger partial charge in [-0.2, -0.15) is 0 Å². The first kappa shape index (κ1) is 20.6. The van der Waals surface area contributed by atoms with E-state index < -0.39 is 17.6 Å². The molecule has 4 rings (SSSR count). The van der Waals surface area contributed by atoms with Crippen LogP contribution >= 0.6 is 11.6 Å². The number of carbonyl (C=O) groups excluding carboxylic acids is 2. The van der Waals surface area contributed by atoms with Gasteiger partial charge < -0.3 is 10.1 Å². The Morgan fingerprint density at radius 2 is 1.71 bits per heavy atom. The number of imide groups is 1. The summed E-state index contributed by atoms with van der Waals surface area (Å²) in [6.07, 6.45) is 0. The number of halogens is 2. The molecule has 1 heterocycles. The maximum Gasteiger partial charge on any atom is 0.282 e. The van der Waals surface area contributed by atoms with E-state index in [1.54, 1.807) is 55.5 Å². The van der Waals surface area contributed by atoms with Crippen LogP contribution in [0.3, 0.4) is 0 Å². The van der Waals surface area contributed by atoms with Crippen LogP contribution in [0.15, 0.2) is 72.4 Å². The second-order valence-electron chi connectivity index (χ2n) is 6.92. The molecule has 0 bridgehead atoms. The maximum absolute atomic E-state index is 13.7. The van der Waals surface area contributed by atoms with Gasteiger partial charge in [-0.05, 0) is 48.9 Å². The second-order valence-corrected chi connectivity index (χ2v) is 7.32. The SMILES string of the molecule is COc1ccccc1C1=C(Nc2cccc(F)c2)C(=O)N(c2cccc(Cl)c2C)C1=O. The molecule has 1 aliphatic rings. The van der Waals surface area contributed by atoms with Gasteiger partial charge >= 0.3 is 0 Å². The Kier molecular flexibility index (Phi) is 5.48. The average Bonchev–Trinajstić information content (AvgIpc) is 2.99. The molecule has 1 N–H and O–H groups in total. The minimum absolute atomic E-state index is 0.0273. The number of carbonyl (C=O) groups is 2. The summed E-state index contributed by atoms with van der Waals surface area (Å²) in [5, 5.41) is 3.37. The predicted molar refractivity (Wildman–Crippen MR) is 119 cm³/mol. The lowest BCUT2D eigenvalue weighted by Crippen LogP contribution is -2.33. The Balaban J connectivity index is 1.90. The summed E-state index contributed by atoms with van der Waals surface area (Å²) in [5.41, 5.74) is 1.92. The fraction of sp³-hybridized carbons (Fsp3) is 0.0833. The fourth-order valence-electron chi connectivity index (χ4n) is 3.51. The van der Waals surface area contributed by atoms with Gasteiger partial charge in [0.2, 0.25) is 0 Å². The first-order valence-corrected chi connectivity index (χ1v) is 9.84. The van der Waals surface area contributed by atoms with Crippen LogP contribution in [0.2, 0.25) is 5.02 Å². The van der Waals surface area contributed by atoms with Gasteiger partial charge in [0.25, 0.3) is 11.8 Å². The number of para-hydroxylation sites is 1. The van der Waals surface area contributed by atoms with Crippen molar-refractivity contribution in [2.75, 3.05) is 17.3 Å². The normalized spacial score (nSPS) is 13.7. The lowest BCUT2D eigenvalue weighted by Gasteiger charge is -2.18. The highest BCUT2D eigenvalue weighted by atomic mass is 35.5. The highest BCUT2D eigenvalue weighted by Gasteiger charge is 2.42. The third-order valence-electron chi connectivity index (χ3n) is 5.03. The van der Waals surface area contributed by atoms with Gasteiger partial charge in [-0.15, -0.1) is 0 Å². The molecule has 3 aromatic rings. The minimum Gasteiger partial charge on any atom is -0.496 e. The molecule has 0 radical (unpaired) electrons. The maximum atomic E-state index is 13.7. The van der Waals surface area contributed by atoms with Gasteiger partial charge in [0, 0.05) is 16.3 Å². The smallest absolute Gasteiger partial charge is 0.282 e. The highest BCUT2D eigenvalue weighted by molar-refractivity contribution is 6.47. The minimum atomic E-state index is -0.569. The molecule has 0 aromatic heterocycles. The molecular weight excluding hydrogens is 419 g/mol. The zero-order valence-corrected chi connectivity index (χ0v) is 17.5. The zero-order valence-electron chi connectivity index (χ0n) is 16.8. The number of rotatable bonds is 5. The molecule has 0 unspecified atom stereocenters. The molecular formula is C24H18ClFN2O3. The summed E-state index contributed by atoms with van der Waals surface area (Å²) >= 11 is 6.23. The molecule has 7 heteroatoms. The van der Waals surface area contributed by atoms with Gasteiger partial charge in [0.1, 0.15) is 17.3 Å². The summed E-state index contributed by atoms with van der Waals surface area (Å²) in [4.78, 5) is 28.1. The van der Waals surface area contributed by atoms with Crippen LogP contribution in [-0.2, 0) is 9.59 Å². The van der Waals surface area contributed by atoms with E-state index in [0.717, 1.165) is 4.90 Å². The number of benzene rings is 3. The number of hydrogen-bond donors (Lipinski definition) is 1. The van der Waals surface area contributed by atoms with Crippen molar-refractivity contribution in [1.82, 2.24) is 0 Å². The van der Waals surface area contributed by atoms with Crippen molar-refractivity contribution in [3.8, 4) is 5.75 Å². The van der Waals surface area contributed by atoms with Crippen LogP contribution in [0, 0.1) is 12.7 Å². The molecule has 0 saturated carbocycles. The predicted octanol–water partition coefficient (Wildman–Crippen LogP) is 5.19. The summed E-state index contributed by atoms with van der Waals surface area (Å²) < 4.78 is 19.2. The van der Waals surface area contributed by atoms with Crippen molar-refractivity contribution in [2.45, 2.75) is 6.92 Å². The number of nitrogens with zero attached hydrogens (tertiary/aromatic N) is 1. The van der Waals surface area contributed by atoms with Gasteiger partial charge in [0.15, 0.2) is 0 Å². The van der Waals surface area contributed by atoms with Crippen LogP contribution in [0.4, 0.5) is 15.8 Å². The number of ether oxygens (including phenoxy) is 1. The van der Waals surface area contributed by atoms with Crippen molar-refractivity contribution >= 4 is 40.4 Å². The summed E-state index contributed by atoms with van der Waals surface area (Å²) in [7, 11) is 1.49. The second kappa shape index (κ2) is 8.24. The van der Waals surface area contributed by atoms with Gasteiger partial charge in [-0.1, -0.05) is 41.9 Å². The number of hydrogen-bond acceptors (Lipinski definition) is 4. The molecule has 31 heavy (non-hydrogen) atoms. The fourth-order valence-corrected chi connectivity index (χ4v) is 3.68. The number of methoxy groups -OCH3 is 1. The van der Waals surface area contributed by atoms with E-state index >= 15 is 0 Å². The molecule has 0 aliphatic carbocycles. The van der Waals surface area contributed by atoms with Gasteiger partial charge in [-0.3, -0.25) is 9.59 Å². The summed E-state index contributed by atoms with van der Waals surface area (Å²) in [6, 6.07) is 17.6. The molecule has 3 aromatic carbocycles. The van der Waals surface area contributed by atoms with Crippen molar-refractivity contribution in [3.05, 3.63) is 94.4 Å². The average molecular weight is 437 g/mol. The number of anilines is 2. The molecule has 156 valence electrons. The molecule has 0 fully saturated rings. The third-order valence-corrected chi connectivity index (χ3v) is 5.44. The molecule has 0 saturated heterocycles. The Morgan fingerprint density at radius 1 is 0.968 bits per heavy atom. The Labute approximate surface area is 183 Å². The van der Waals surface area contributed by atoms with E-state index in [1.807, 2.05) is 0 Å². The van der Waals surface area contributed by atoms with Crippen LogP contribution in [-0.4, -0.2) is 18.9 Å². The zero-order chi connectivity index (χ0) is 22.1. The van der Waals surface area contributed by atoms with Crippen LogP contribution in [0.1, 0.15) is 11.1 Å².